The molecule has 26 heavy (non-hydrogen) atoms. The average Bonchev–Trinajstić information content (AvgIpc) is 2.64. The van der Waals surface area contributed by atoms with Crippen molar-refractivity contribution in [3.8, 4) is 5.75 Å². The third kappa shape index (κ3) is 5.94. The van der Waals surface area contributed by atoms with E-state index in [1.54, 1.807) is 19.2 Å². The fourth-order valence-corrected chi connectivity index (χ4v) is 3.03. The Morgan fingerprint density at radius 2 is 1.62 bits per heavy atom. The molecule has 1 saturated heterocycles. The van der Waals surface area contributed by atoms with E-state index in [9.17, 15) is 4.39 Å². The second-order valence-electron chi connectivity index (χ2n) is 5.93. The van der Waals surface area contributed by atoms with Crippen LogP contribution in [-0.4, -0.2) is 51.3 Å². The molecule has 3 rings (SSSR count). The summed E-state index contributed by atoms with van der Waals surface area (Å²) in [6.07, 6.45) is 0. The molecule has 0 amide bonds. The number of piperazine rings is 1. The van der Waals surface area contributed by atoms with Crippen molar-refractivity contribution < 1.29 is 9.13 Å². The molecule has 0 aliphatic carbocycles. The molecule has 2 aromatic rings. The van der Waals surface area contributed by atoms with Crippen molar-refractivity contribution in [1.29, 1.82) is 0 Å². The first-order valence-electron chi connectivity index (χ1n) is 8.36. The van der Waals surface area contributed by atoms with Crippen molar-refractivity contribution in [3.63, 3.8) is 0 Å². The van der Waals surface area contributed by atoms with Gasteiger partial charge in [-0.2, -0.15) is 0 Å². The van der Waals surface area contributed by atoms with Crippen LogP contribution in [0.15, 0.2) is 48.5 Å². The van der Waals surface area contributed by atoms with E-state index in [-0.39, 0.29) is 30.6 Å². The molecule has 0 radical (unpaired) electrons. The Hall–Kier alpha value is -1.69. The monoisotopic (exact) mass is 401 g/mol. The van der Waals surface area contributed by atoms with Crippen LogP contribution in [0, 0.1) is 5.82 Å². The van der Waals surface area contributed by atoms with E-state index in [0.29, 0.717) is 0 Å². The summed E-state index contributed by atoms with van der Waals surface area (Å²) in [6.45, 7) is 5.90. The fraction of sp³-hybridized carbons (Fsp3) is 0.368. The van der Waals surface area contributed by atoms with E-state index in [1.807, 2.05) is 12.1 Å². The fourth-order valence-electron chi connectivity index (χ4n) is 3.03. The number of para-hydroxylation sites is 2. The number of hydrogen-bond acceptors (Lipinski definition) is 4. The van der Waals surface area contributed by atoms with Gasteiger partial charge in [-0.15, -0.1) is 24.8 Å². The van der Waals surface area contributed by atoms with Gasteiger partial charge in [-0.1, -0.05) is 12.1 Å². The lowest BCUT2D eigenvalue weighted by Crippen LogP contribution is -2.47. The largest absolute Gasteiger partial charge is 0.495 e. The van der Waals surface area contributed by atoms with Crippen molar-refractivity contribution in [2.24, 2.45) is 0 Å². The zero-order valence-electron chi connectivity index (χ0n) is 14.9. The number of benzene rings is 2. The molecule has 1 fully saturated rings. The molecule has 0 atom stereocenters. The molecule has 0 saturated carbocycles. The quantitative estimate of drug-likeness (QED) is 0.793. The Morgan fingerprint density at radius 3 is 2.27 bits per heavy atom. The number of ether oxygens (including phenoxy) is 1. The van der Waals surface area contributed by atoms with Crippen LogP contribution in [0.5, 0.6) is 5.75 Å². The maximum Gasteiger partial charge on any atom is 0.142 e. The van der Waals surface area contributed by atoms with Crippen LogP contribution in [0.3, 0.4) is 0 Å². The molecule has 4 nitrogen and oxygen atoms in total. The van der Waals surface area contributed by atoms with Crippen molar-refractivity contribution in [1.82, 2.24) is 4.90 Å². The summed E-state index contributed by atoms with van der Waals surface area (Å²) in [5, 5.41) is 3.34. The van der Waals surface area contributed by atoms with Gasteiger partial charge in [-0.05, 0) is 36.4 Å². The lowest BCUT2D eigenvalue weighted by Gasteiger charge is -2.36. The molecular weight excluding hydrogens is 376 g/mol. The standard InChI is InChI=1S/C19H24FN3O.2ClH/c1-24-19-5-3-2-4-18(19)23-14-12-22(13-15-23)11-10-21-17-8-6-16(20)7-9-17;;/h2-9,21H,10-15H2,1H3;2*1H. The Balaban J connectivity index is 0.00000169. The van der Waals surface area contributed by atoms with E-state index in [4.69, 9.17) is 4.74 Å². The summed E-state index contributed by atoms with van der Waals surface area (Å²) >= 11 is 0. The summed E-state index contributed by atoms with van der Waals surface area (Å²) in [6, 6.07) is 14.7. The highest BCUT2D eigenvalue weighted by molar-refractivity contribution is 5.85. The summed E-state index contributed by atoms with van der Waals surface area (Å²) in [7, 11) is 1.72. The third-order valence-corrected chi connectivity index (χ3v) is 4.40. The molecule has 144 valence electrons. The molecule has 1 heterocycles. The smallest absolute Gasteiger partial charge is 0.142 e. The first kappa shape index (κ1) is 22.4. The SMILES string of the molecule is COc1ccccc1N1CCN(CCNc2ccc(F)cc2)CC1.Cl.Cl. The van der Waals surface area contributed by atoms with Gasteiger partial charge in [0.1, 0.15) is 11.6 Å². The Morgan fingerprint density at radius 1 is 0.962 bits per heavy atom. The van der Waals surface area contributed by atoms with E-state index in [1.165, 1.54) is 17.8 Å². The number of methoxy groups -OCH3 is 1. The Kier molecular flexibility index (Phi) is 9.55. The Labute approximate surface area is 167 Å². The second-order valence-corrected chi connectivity index (χ2v) is 5.93. The number of halogens is 3. The predicted molar refractivity (Wildman–Crippen MR) is 111 cm³/mol. The van der Waals surface area contributed by atoms with Crippen LogP contribution in [-0.2, 0) is 0 Å². The molecule has 1 aliphatic rings. The third-order valence-electron chi connectivity index (χ3n) is 4.40. The minimum absolute atomic E-state index is 0. The zero-order valence-corrected chi connectivity index (χ0v) is 16.5. The first-order valence-corrected chi connectivity index (χ1v) is 8.36. The van der Waals surface area contributed by atoms with Gasteiger partial charge in [0.2, 0.25) is 0 Å². The van der Waals surface area contributed by atoms with Gasteiger partial charge >= 0.3 is 0 Å². The molecular formula is C19H26Cl2FN3O. The van der Waals surface area contributed by atoms with Crippen molar-refractivity contribution in [2.75, 3.05) is 56.6 Å². The molecule has 0 aromatic heterocycles. The number of rotatable bonds is 6. The van der Waals surface area contributed by atoms with Gasteiger partial charge in [0.15, 0.2) is 0 Å². The summed E-state index contributed by atoms with van der Waals surface area (Å²) < 4.78 is 18.3. The van der Waals surface area contributed by atoms with Crippen LogP contribution in [0.25, 0.3) is 0 Å². The maximum atomic E-state index is 12.9. The van der Waals surface area contributed by atoms with E-state index in [2.05, 4.69) is 27.2 Å². The summed E-state index contributed by atoms with van der Waals surface area (Å²) in [5.74, 6) is 0.733. The van der Waals surface area contributed by atoms with Crippen LogP contribution in [0.1, 0.15) is 0 Å². The normalized spacial score (nSPS) is 14.2. The van der Waals surface area contributed by atoms with Crippen LogP contribution >= 0.6 is 24.8 Å². The molecule has 0 bridgehead atoms. The number of nitrogens with zero attached hydrogens (tertiary/aromatic N) is 2. The van der Waals surface area contributed by atoms with Gasteiger partial charge in [0, 0.05) is 45.0 Å². The van der Waals surface area contributed by atoms with Gasteiger partial charge in [-0.25, -0.2) is 4.39 Å². The van der Waals surface area contributed by atoms with Crippen LogP contribution in [0.2, 0.25) is 0 Å². The Bertz CT molecular complexity index is 649. The lowest BCUT2D eigenvalue weighted by molar-refractivity contribution is 0.266. The summed E-state index contributed by atoms with van der Waals surface area (Å²) in [5.41, 5.74) is 2.13. The van der Waals surface area contributed by atoms with Crippen LogP contribution < -0.4 is 15.0 Å². The second kappa shape index (κ2) is 11.1. The summed E-state index contributed by atoms with van der Waals surface area (Å²) in [4.78, 5) is 4.82. The highest BCUT2D eigenvalue weighted by Crippen LogP contribution is 2.28. The van der Waals surface area contributed by atoms with E-state index >= 15 is 0 Å². The van der Waals surface area contributed by atoms with Crippen molar-refractivity contribution in [2.45, 2.75) is 0 Å². The van der Waals surface area contributed by atoms with Gasteiger partial charge in [0.05, 0.1) is 12.8 Å². The van der Waals surface area contributed by atoms with Gasteiger partial charge in [-0.3, -0.25) is 4.90 Å². The number of anilines is 2. The highest BCUT2D eigenvalue weighted by Gasteiger charge is 2.18. The highest BCUT2D eigenvalue weighted by atomic mass is 35.5. The van der Waals surface area contributed by atoms with Crippen molar-refractivity contribution in [3.05, 3.63) is 54.3 Å². The molecule has 7 heteroatoms. The predicted octanol–water partition coefficient (Wildman–Crippen LogP) is 3.91. The molecule has 1 N–H and O–H groups in total. The first-order chi connectivity index (χ1) is 11.8. The van der Waals surface area contributed by atoms with Crippen molar-refractivity contribution >= 4 is 36.2 Å². The lowest BCUT2D eigenvalue weighted by atomic mass is 10.2. The van der Waals surface area contributed by atoms with E-state index in [0.717, 1.165) is 50.7 Å². The number of hydrogen-bond donors (Lipinski definition) is 1. The molecule has 0 spiro atoms. The van der Waals surface area contributed by atoms with Gasteiger partial charge < -0.3 is 15.0 Å². The molecule has 2 aromatic carbocycles. The van der Waals surface area contributed by atoms with Crippen LogP contribution in [0.4, 0.5) is 15.8 Å². The average molecular weight is 402 g/mol. The molecule has 1 aliphatic heterocycles. The van der Waals surface area contributed by atoms with Gasteiger partial charge in [0.25, 0.3) is 0 Å². The minimum atomic E-state index is -0.201. The zero-order chi connectivity index (χ0) is 16.8. The maximum absolute atomic E-state index is 12.9. The number of nitrogens with one attached hydrogen (secondary N) is 1. The molecule has 0 unspecified atom stereocenters. The minimum Gasteiger partial charge on any atom is -0.495 e. The topological polar surface area (TPSA) is 27.7 Å². The van der Waals surface area contributed by atoms with E-state index < -0.39 is 0 Å².